The van der Waals surface area contributed by atoms with Gasteiger partial charge in [-0.1, -0.05) is 11.2 Å². The molecule has 6 nitrogen and oxygen atoms in total. The topological polar surface area (TPSA) is 91.9 Å². The van der Waals surface area contributed by atoms with E-state index in [1.54, 1.807) is 6.08 Å². The van der Waals surface area contributed by atoms with Crippen LogP contribution in [0.5, 0.6) is 0 Å². The van der Waals surface area contributed by atoms with Crippen LogP contribution in [0.1, 0.15) is 6.42 Å². The van der Waals surface area contributed by atoms with E-state index in [0.29, 0.717) is 6.42 Å². The summed E-state index contributed by atoms with van der Waals surface area (Å²) in [6.45, 7) is 0. The minimum atomic E-state index is -0.457. The zero-order valence-electron chi connectivity index (χ0n) is 6.62. The highest BCUT2D eigenvalue weighted by molar-refractivity contribution is 5.31. The molecule has 0 amide bonds. The zero-order valence-corrected chi connectivity index (χ0v) is 6.62. The maximum atomic E-state index is 10.3. The summed E-state index contributed by atoms with van der Waals surface area (Å²) in [5.74, 6) is 0. The Bertz CT molecular complexity index is 361. The van der Waals surface area contributed by atoms with E-state index in [-0.39, 0.29) is 5.70 Å². The first-order valence-electron chi connectivity index (χ1n) is 3.50. The second kappa shape index (κ2) is 4.08. The van der Waals surface area contributed by atoms with E-state index in [1.807, 2.05) is 0 Å². The van der Waals surface area contributed by atoms with Crippen LogP contribution in [0.4, 0.5) is 0 Å². The third-order valence-corrected chi connectivity index (χ3v) is 1.50. The van der Waals surface area contributed by atoms with Crippen molar-refractivity contribution in [2.24, 2.45) is 5.11 Å². The molecular formula is C7H6N4O2. The molecule has 13 heavy (non-hydrogen) atoms. The Hall–Kier alpha value is -2.07. The number of allylic oxidation sites excluding steroid dienone is 4. The van der Waals surface area contributed by atoms with E-state index in [1.165, 1.54) is 18.4 Å². The van der Waals surface area contributed by atoms with Crippen LogP contribution >= 0.6 is 0 Å². The molecule has 6 heteroatoms. The van der Waals surface area contributed by atoms with E-state index in [4.69, 9.17) is 5.53 Å². The molecule has 0 fully saturated rings. The summed E-state index contributed by atoms with van der Waals surface area (Å²) in [5.41, 5.74) is 8.82. The number of rotatable bonds is 2. The molecule has 0 heterocycles. The summed E-state index contributed by atoms with van der Waals surface area (Å²) < 4.78 is 0. The standard InChI is InChI=1S/C7H6N4O2/c8-10-9-5-6-1-3-7(4-2-6)11(12)13/h1,3-5H,2H2. The lowest BCUT2D eigenvalue weighted by atomic mass is 10.1. The van der Waals surface area contributed by atoms with Gasteiger partial charge in [-0.2, -0.15) is 0 Å². The molecule has 0 aromatic heterocycles. The predicted octanol–water partition coefficient (Wildman–Crippen LogP) is 2.30. The highest BCUT2D eigenvalue weighted by Crippen LogP contribution is 2.15. The molecule has 0 radical (unpaired) electrons. The zero-order chi connectivity index (χ0) is 9.68. The van der Waals surface area contributed by atoms with Gasteiger partial charge in [-0.3, -0.25) is 10.1 Å². The fourth-order valence-corrected chi connectivity index (χ4v) is 0.882. The molecule has 0 aliphatic heterocycles. The van der Waals surface area contributed by atoms with Crippen LogP contribution in [0.25, 0.3) is 10.4 Å². The van der Waals surface area contributed by atoms with Gasteiger partial charge >= 0.3 is 0 Å². The van der Waals surface area contributed by atoms with Gasteiger partial charge in [0.1, 0.15) is 0 Å². The van der Waals surface area contributed by atoms with Crippen molar-refractivity contribution in [2.45, 2.75) is 6.42 Å². The van der Waals surface area contributed by atoms with Crippen LogP contribution in [0.15, 0.2) is 40.8 Å². The van der Waals surface area contributed by atoms with Gasteiger partial charge in [-0.25, -0.2) is 0 Å². The van der Waals surface area contributed by atoms with E-state index < -0.39 is 4.92 Å². The quantitative estimate of drug-likeness (QED) is 0.213. The van der Waals surface area contributed by atoms with E-state index in [2.05, 4.69) is 10.0 Å². The smallest absolute Gasteiger partial charge is 0.258 e. The van der Waals surface area contributed by atoms with Crippen molar-refractivity contribution in [1.29, 1.82) is 0 Å². The molecule has 0 saturated heterocycles. The van der Waals surface area contributed by atoms with Crippen LogP contribution in [0.3, 0.4) is 0 Å². The molecule has 0 N–H and O–H groups in total. The summed E-state index contributed by atoms with van der Waals surface area (Å²) >= 11 is 0. The van der Waals surface area contributed by atoms with Crippen LogP contribution in [0, 0.1) is 10.1 Å². The Labute approximate surface area is 73.6 Å². The maximum Gasteiger partial charge on any atom is 0.265 e. The van der Waals surface area contributed by atoms with Crippen LogP contribution in [-0.2, 0) is 0 Å². The molecule has 0 saturated carbocycles. The molecule has 1 rings (SSSR count). The number of hydrogen-bond donors (Lipinski definition) is 0. The van der Waals surface area contributed by atoms with Crippen LogP contribution in [-0.4, -0.2) is 4.92 Å². The molecule has 0 atom stereocenters. The van der Waals surface area contributed by atoms with Gasteiger partial charge < -0.3 is 0 Å². The molecule has 0 unspecified atom stereocenters. The van der Waals surface area contributed by atoms with Crippen LogP contribution in [0.2, 0.25) is 0 Å². The Balaban J connectivity index is 2.73. The van der Waals surface area contributed by atoms with Gasteiger partial charge in [0.05, 0.1) is 4.92 Å². The van der Waals surface area contributed by atoms with Gasteiger partial charge in [0.15, 0.2) is 0 Å². The van der Waals surface area contributed by atoms with Gasteiger partial charge in [0.2, 0.25) is 0 Å². The molecule has 0 spiro atoms. The van der Waals surface area contributed by atoms with Gasteiger partial charge in [0.25, 0.3) is 5.70 Å². The summed E-state index contributed by atoms with van der Waals surface area (Å²) in [6, 6.07) is 0. The van der Waals surface area contributed by atoms with E-state index in [9.17, 15) is 10.1 Å². The first kappa shape index (κ1) is 9.02. The molecular weight excluding hydrogens is 172 g/mol. The van der Waals surface area contributed by atoms with Crippen molar-refractivity contribution in [3.8, 4) is 0 Å². The molecule has 0 aromatic rings. The van der Waals surface area contributed by atoms with E-state index >= 15 is 0 Å². The lowest BCUT2D eigenvalue weighted by molar-refractivity contribution is -0.419. The third-order valence-electron chi connectivity index (χ3n) is 1.50. The lowest BCUT2D eigenvalue weighted by Gasteiger charge is -2.00. The molecule has 1 aliphatic carbocycles. The van der Waals surface area contributed by atoms with Crippen LogP contribution < -0.4 is 0 Å². The Morgan fingerprint density at radius 3 is 2.92 bits per heavy atom. The molecule has 0 aromatic carbocycles. The average Bonchev–Trinajstić information content (AvgIpc) is 2.15. The van der Waals surface area contributed by atoms with Crippen molar-refractivity contribution in [1.82, 2.24) is 0 Å². The monoisotopic (exact) mass is 178 g/mol. The van der Waals surface area contributed by atoms with Gasteiger partial charge in [-0.05, 0) is 23.6 Å². The fraction of sp³-hybridized carbons (Fsp3) is 0.143. The van der Waals surface area contributed by atoms with Gasteiger partial charge in [0, 0.05) is 17.2 Å². The molecule has 1 aliphatic rings. The number of nitro groups is 1. The Kier molecular flexibility index (Phi) is 2.83. The number of hydrogen-bond acceptors (Lipinski definition) is 3. The van der Waals surface area contributed by atoms with Gasteiger partial charge in [-0.15, -0.1) is 0 Å². The second-order valence-corrected chi connectivity index (χ2v) is 2.33. The summed E-state index contributed by atoms with van der Waals surface area (Å²) in [7, 11) is 0. The lowest BCUT2D eigenvalue weighted by Crippen LogP contribution is -1.98. The maximum absolute atomic E-state index is 10.3. The number of azide groups is 1. The highest BCUT2D eigenvalue weighted by atomic mass is 16.6. The normalized spacial score (nSPS) is 17.8. The highest BCUT2D eigenvalue weighted by Gasteiger charge is 2.09. The average molecular weight is 178 g/mol. The summed E-state index contributed by atoms with van der Waals surface area (Å²) in [4.78, 5) is 12.3. The van der Waals surface area contributed by atoms with Crippen molar-refractivity contribution >= 4 is 0 Å². The minimum absolute atomic E-state index is 0.0677. The molecule has 0 bridgehead atoms. The first-order chi connectivity index (χ1) is 6.24. The predicted molar refractivity (Wildman–Crippen MR) is 46.1 cm³/mol. The minimum Gasteiger partial charge on any atom is -0.258 e. The Morgan fingerprint density at radius 2 is 2.46 bits per heavy atom. The number of nitrogens with zero attached hydrogens (tertiary/aromatic N) is 4. The van der Waals surface area contributed by atoms with Crippen molar-refractivity contribution in [3.05, 3.63) is 56.3 Å². The van der Waals surface area contributed by atoms with Crippen molar-refractivity contribution in [2.75, 3.05) is 0 Å². The summed E-state index contributed by atoms with van der Waals surface area (Å²) in [5, 5.41) is 13.5. The third kappa shape index (κ3) is 2.46. The molecule has 66 valence electrons. The van der Waals surface area contributed by atoms with Crippen molar-refractivity contribution < 1.29 is 4.92 Å². The first-order valence-corrected chi connectivity index (χ1v) is 3.50. The largest absolute Gasteiger partial charge is 0.265 e. The summed E-state index contributed by atoms with van der Waals surface area (Å²) in [6.07, 6.45) is 6.17. The van der Waals surface area contributed by atoms with Crippen molar-refractivity contribution in [3.63, 3.8) is 0 Å². The second-order valence-electron chi connectivity index (χ2n) is 2.33. The van der Waals surface area contributed by atoms with E-state index in [0.717, 1.165) is 5.57 Å². The Morgan fingerprint density at radius 1 is 1.69 bits per heavy atom. The fourth-order valence-electron chi connectivity index (χ4n) is 0.882. The SMILES string of the molecule is [N-]=[N+]=NC=C1C=CC([N+](=O)[O-])=CC1.